The second-order valence-electron chi connectivity index (χ2n) is 6.71. The first kappa shape index (κ1) is 17.7. The molecule has 0 saturated carbocycles. The van der Waals surface area contributed by atoms with Crippen LogP contribution in [0.5, 0.6) is 0 Å². The van der Waals surface area contributed by atoms with E-state index in [9.17, 15) is 4.79 Å². The van der Waals surface area contributed by atoms with Crippen LogP contribution in [-0.2, 0) is 13.6 Å². The lowest BCUT2D eigenvalue weighted by Gasteiger charge is -2.08. The molecule has 0 bridgehead atoms. The smallest absolute Gasteiger partial charge is 0.270 e. The highest BCUT2D eigenvalue weighted by Crippen LogP contribution is 2.22. The van der Waals surface area contributed by atoms with Gasteiger partial charge in [-0.05, 0) is 48.9 Å². The second-order valence-corrected chi connectivity index (χ2v) is 6.71. The Morgan fingerprint density at radius 2 is 1.93 bits per heavy atom. The summed E-state index contributed by atoms with van der Waals surface area (Å²) >= 11 is 0. The molecule has 0 aliphatic carbocycles. The van der Waals surface area contributed by atoms with E-state index in [1.165, 1.54) is 0 Å². The van der Waals surface area contributed by atoms with Gasteiger partial charge in [0.2, 0.25) is 0 Å². The monoisotopic (exact) mass is 371 g/mol. The molecule has 0 radical (unpaired) electrons. The Labute approximate surface area is 163 Å². The van der Waals surface area contributed by atoms with Crippen LogP contribution in [0.15, 0.2) is 73.2 Å². The van der Waals surface area contributed by atoms with Crippen molar-refractivity contribution in [3.63, 3.8) is 0 Å². The third-order valence-corrected chi connectivity index (χ3v) is 4.60. The fourth-order valence-corrected chi connectivity index (χ4v) is 3.05. The van der Waals surface area contributed by atoms with Gasteiger partial charge >= 0.3 is 0 Å². The van der Waals surface area contributed by atoms with Crippen molar-refractivity contribution in [2.45, 2.75) is 13.5 Å². The van der Waals surface area contributed by atoms with Crippen LogP contribution < -0.4 is 5.32 Å². The minimum atomic E-state index is -0.183. The van der Waals surface area contributed by atoms with Crippen LogP contribution in [0.1, 0.15) is 21.6 Å². The molecule has 3 heterocycles. The normalized spacial score (nSPS) is 10.8. The first-order valence-corrected chi connectivity index (χ1v) is 9.08. The van der Waals surface area contributed by atoms with Gasteiger partial charge < -0.3 is 9.88 Å². The first-order chi connectivity index (χ1) is 13.6. The van der Waals surface area contributed by atoms with E-state index < -0.39 is 0 Å². The maximum Gasteiger partial charge on any atom is 0.270 e. The Morgan fingerprint density at radius 3 is 2.61 bits per heavy atom. The van der Waals surface area contributed by atoms with E-state index in [0.29, 0.717) is 12.2 Å². The molecule has 4 rings (SSSR count). The fraction of sp³-hybridized carbons (Fsp3) is 0.136. The average Bonchev–Trinajstić information content (AvgIpc) is 3.34. The molecule has 0 spiro atoms. The number of amides is 1. The van der Waals surface area contributed by atoms with Crippen LogP contribution in [0.4, 0.5) is 0 Å². The minimum Gasteiger partial charge on any atom is -0.349 e. The number of benzene rings is 1. The molecule has 0 unspecified atom stereocenters. The second kappa shape index (κ2) is 7.52. The van der Waals surface area contributed by atoms with E-state index in [4.69, 9.17) is 5.10 Å². The van der Waals surface area contributed by atoms with Gasteiger partial charge in [-0.25, -0.2) is 4.68 Å². The van der Waals surface area contributed by atoms with Crippen molar-refractivity contribution in [2.24, 2.45) is 7.05 Å². The summed E-state index contributed by atoms with van der Waals surface area (Å²) in [6.45, 7) is 2.44. The molecular formula is C22H21N5O. The first-order valence-electron chi connectivity index (χ1n) is 9.08. The van der Waals surface area contributed by atoms with Gasteiger partial charge in [0.1, 0.15) is 11.4 Å². The summed E-state index contributed by atoms with van der Waals surface area (Å²) in [4.78, 5) is 17.0. The highest BCUT2D eigenvalue weighted by Gasteiger charge is 2.18. The topological polar surface area (TPSA) is 64.7 Å². The predicted octanol–water partition coefficient (Wildman–Crippen LogP) is 3.51. The molecule has 0 atom stereocenters. The Bertz CT molecular complexity index is 1090. The van der Waals surface area contributed by atoms with Gasteiger partial charge in [0, 0.05) is 32.2 Å². The number of aromatic nitrogens is 4. The van der Waals surface area contributed by atoms with Gasteiger partial charge in [0.25, 0.3) is 5.91 Å². The molecule has 3 aromatic heterocycles. The van der Waals surface area contributed by atoms with Crippen molar-refractivity contribution < 1.29 is 4.79 Å². The molecule has 1 N–H and O–H groups in total. The Hall–Kier alpha value is -3.67. The SMILES string of the molecule is Cc1ccc(-n2nc(-c3cccn3C)cc2C(=O)NCc2cccnc2)cc1. The van der Waals surface area contributed by atoms with Crippen molar-refractivity contribution in [3.05, 3.63) is 90.0 Å². The largest absolute Gasteiger partial charge is 0.349 e. The van der Waals surface area contributed by atoms with Gasteiger partial charge in [-0.15, -0.1) is 0 Å². The van der Waals surface area contributed by atoms with Gasteiger partial charge in [0.05, 0.1) is 11.4 Å². The molecule has 0 aliphatic rings. The standard InChI is InChI=1S/C22H21N5O/c1-16-7-9-18(10-8-16)27-21(13-19(25-27)20-6-4-12-26(20)2)22(28)24-15-17-5-3-11-23-14-17/h3-14H,15H2,1-2H3,(H,24,28). The van der Waals surface area contributed by atoms with Crippen LogP contribution in [0.3, 0.4) is 0 Å². The van der Waals surface area contributed by atoms with E-state index in [1.54, 1.807) is 17.1 Å². The summed E-state index contributed by atoms with van der Waals surface area (Å²) in [5.74, 6) is -0.183. The van der Waals surface area contributed by atoms with Crippen LogP contribution in [-0.4, -0.2) is 25.2 Å². The maximum absolute atomic E-state index is 12.9. The highest BCUT2D eigenvalue weighted by atomic mass is 16.2. The molecule has 4 aromatic rings. The Balaban J connectivity index is 1.69. The number of rotatable bonds is 5. The summed E-state index contributed by atoms with van der Waals surface area (Å²) in [6.07, 6.45) is 5.42. The maximum atomic E-state index is 12.9. The summed E-state index contributed by atoms with van der Waals surface area (Å²) in [5.41, 5.74) is 5.13. The van der Waals surface area contributed by atoms with Crippen molar-refractivity contribution in [1.29, 1.82) is 0 Å². The van der Waals surface area contributed by atoms with Crippen molar-refractivity contribution in [3.8, 4) is 17.1 Å². The molecule has 28 heavy (non-hydrogen) atoms. The number of pyridine rings is 1. The predicted molar refractivity (Wildman–Crippen MR) is 108 cm³/mol. The average molecular weight is 371 g/mol. The van der Waals surface area contributed by atoms with E-state index >= 15 is 0 Å². The molecular weight excluding hydrogens is 350 g/mol. The van der Waals surface area contributed by atoms with Gasteiger partial charge in [0.15, 0.2) is 0 Å². The number of carbonyl (C=O) groups is 1. The number of hydrogen-bond donors (Lipinski definition) is 1. The molecule has 0 saturated heterocycles. The summed E-state index contributed by atoms with van der Waals surface area (Å²) in [6, 6.07) is 17.5. The van der Waals surface area contributed by atoms with E-state index in [-0.39, 0.29) is 5.91 Å². The Kier molecular flexibility index (Phi) is 4.76. The third-order valence-electron chi connectivity index (χ3n) is 4.60. The van der Waals surface area contributed by atoms with Crippen LogP contribution in [0.25, 0.3) is 17.1 Å². The highest BCUT2D eigenvalue weighted by molar-refractivity contribution is 5.94. The van der Waals surface area contributed by atoms with E-state index in [0.717, 1.165) is 28.2 Å². The summed E-state index contributed by atoms with van der Waals surface area (Å²) in [7, 11) is 1.96. The molecule has 6 heteroatoms. The number of hydrogen-bond acceptors (Lipinski definition) is 3. The van der Waals surface area contributed by atoms with Crippen molar-refractivity contribution >= 4 is 5.91 Å². The summed E-state index contributed by atoms with van der Waals surface area (Å²) in [5, 5.41) is 7.68. The van der Waals surface area contributed by atoms with Crippen molar-refractivity contribution in [2.75, 3.05) is 0 Å². The van der Waals surface area contributed by atoms with Crippen LogP contribution >= 0.6 is 0 Å². The molecule has 1 amide bonds. The van der Waals surface area contributed by atoms with Crippen LogP contribution in [0.2, 0.25) is 0 Å². The minimum absolute atomic E-state index is 0.183. The van der Waals surface area contributed by atoms with E-state index in [1.807, 2.05) is 79.3 Å². The zero-order chi connectivity index (χ0) is 19.5. The van der Waals surface area contributed by atoms with Gasteiger partial charge in [-0.1, -0.05) is 23.8 Å². The van der Waals surface area contributed by atoms with E-state index in [2.05, 4.69) is 10.3 Å². The molecule has 140 valence electrons. The molecule has 0 fully saturated rings. The number of aryl methyl sites for hydroxylation is 2. The molecule has 0 aliphatic heterocycles. The lowest BCUT2D eigenvalue weighted by Crippen LogP contribution is -2.25. The number of nitrogens with one attached hydrogen (secondary N) is 1. The lowest BCUT2D eigenvalue weighted by molar-refractivity contribution is 0.0943. The zero-order valence-electron chi connectivity index (χ0n) is 15.8. The molecule has 6 nitrogen and oxygen atoms in total. The fourth-order valence-electron chi connectivity index (χ4n) is 3.05. The number of nitrogens with zero attached hydrogens (tertiary/aromatic N) is 4. The quantitative estimate of drug-likeness (QED) is 0.584. The molecule has 1 aromatic carbocycles. The zero-order valence-corrected chi connectivity index (χ0v) is 15.8. The third kappa shape index (κ3) is 3.57. The van der Waals surface area contributed by atoms with Crippen molar-refractivity contribution in [1.82, 2.24) is 24.6 Å². The van der Waals surface area contributed by atoms with Gasteiger partial charge in [-0.2, -0.15) is 5.10 Å². The Morgan fingerprint density at radius 1 is 1.11 bits per heavy atom. The summed E-state index contributed by atoms with van der Waals surface area (Å²) < 4.78 is 3.68. The van der Waals surface area contributed by atoms with Crippen LogP contribution in [0, 0.1) is 6.92 Å². The lowest BCUT2D eigenvalue weighted by atomic mass is 10.2. The van der Waals surface area contributed by atoms with Gasteiger partial charge in [-0.3, -0.25) is 9.78 Å². The number of carbonyl (C=O) groups excluding carboxylic acids is 1.